The molecule has 104 valence electrons. The zero-order chi connectivity index (χ0) is 13.3. The van der Waals surface area contributed by atoms with Crippen LogP contribution in [0.25, 0.3) is 0 Å². The summed E-state index contributed by atoms with van der Waals surface area (Å²) in [5.74, 6) is 0. The van der Waals surface area contributed by atoms with E-state index in [1.807, 2.05) is 0 Å². The molecule has 0 aliphatic rings. The molecule has 0 rings (SSSR count). The molecule has 2 atom stereocenters. The van der Waals surface area contributed by atoms with Gasteiger partial charge in [-0.15, -0.1) is 0 Å². The summed E-state index contributed by atoms with van der Waals surface area (Å²) in [6.45, 7) is 3.78. The summed E-state index contributed by atoms with van der Waals surface area (Å²) in [6, 6.07) is 0. The molecule has 0 spiro atoms. The van der Waals surface area contributed by atoms with Gasteiger partial charge in [-0.05, 0) is 26.2 Å². The van der Waals surface area contributed by atoms with Crippen molar-refractivity contribution in [3.8, 4) is 0 Å². The van der Waals surface area contributed by atoms with E-state index < -0.39 is 15.4 Å². The first-order valence-electron chi connectivity index (χ1n) is 6.52. The lowest BCUT2D eigenvalue weighted by Gasteiger charge is -2.13. The van der Waals surface area contributed by atoms with Crippen molar-refractivity contribution >= 4 is 10.1 Å². The second-order valence-electron chi connectivity index (χ2n) is 4.77. The van der Waals surface area contributed by atoms with Gasteiger partial charge < -0.3 is 5.11 Å². The Hall–Kier alpha value is -0.130. The molecule has 0 aromatic carbocycles. The van der Waals surface area contributed by atoms with Gasteiger partial charge in [-0.1, -0.05) is 39.0 Å². The van der Waals surface area contributed by atoms with Gasteiger partial charge in [0.05, 0.1) is 11.4 Å². The van der Waals surface area contributed by atoms with Crippen LogP contribution in [0, 0.1) is 0 Å². The maximum Gasteiger partial charge on any atom is 0.267 e. The smallest absolute Gasteiger partial charge is 0.267 e. The highest BCUT2D eigenvalue weighted by Crippen LogP contribution is 2.17. The van der Waals surface area contributed by atoms with Crippen molar-refractivity contribution in [1.82, 2.24) is 0 Å². The average Bonchev–Trinajstić information content (AvgIpc) is 2.19. The van der Waals surface area contributed by atoms with E-state index in [-0.39, 0.29) is 6.10 Å². The van der Waals surface area contributed by atoms with Gasteiger partial charge >= 0.3 is 0 Å². The lowest BCUT2D eigenvalue weighted by Crippen LogP contribution is -2.20. The summed E-state index contributed by atoms with van der Waals surface area (Å²) >= 11 is 0. The third-order valence-electron chi connectivity index (χ3n) is 2.95. The Morgan fingerprint density at radius 2 is 1.47 bits per heavy atom. The number of aliphatic hydroxyl groups is 1. The Bertz CT molecular complexity index is 272. The molecule has 0 aromatic heterocycles. The number of unbranched alkanes of at least 4 members (excludes halogenated alkanes) is 3. The minimum atomic E-state index is -3.91. The lowest BCUT2D eigenvalue weighted by atomic mass is 10.1. The molecule has 0 amide bonds. The minimum Gasteiger partial charge on any atom is -0.393 e. The second-order valence-corrected chi connectivity index (χ2v) is 6.46. The molecule has 17 heavy (non-hydrogen) atoms. The number of hydrogen-bond acceptors (Lipinski definition) is 3. The van der Waals surface area contributed by atoms with Crippen LogP contribution in [-0.4, -0.2) is 29.4 Å². The fraction of sp³-hybridized carbons (Fsp3) is 1.00. The molecule has 5 heteroatoms. The molecule has 2 unspecified atom stereocenters. The first kappa shape index (κ1) is 16.9. The van der Waals surface area contributed by atoms with E-state index in [1.165, 1.54) is 0 Å². The number of aliphatic hydroxyl groups excluding tert-OH is 1. The van der Waals surface area contributed by atoms with E-state index >= 15 is 0 Å². The molecule has 2 N–H and O–H groups in total. The van der Waals surface area contributed by atoms with Gasteiger partial charge in [-0.3, -0.25) is 4.55 Å². The van der Waals surface area contributed by atoms with Crippen LogP contribution in [0.1, 0.15) is 65.2 Å². The number of rotatable bonds is 10. The largest absolute Gasteiger partial charge is 0.393 e. The fourth-order valence-electron chi connectivity index (χ4n) is 1.88. The normalized spacial score (nSPS) is 15.8. The van der Waals surface area contributed by atoms with E-state index in [0.29, 0.717) is 19.3 Å². The third kappa shape index (κ3) is 9.56. The molecular weight excluding hydrogens is 240 g/mol. The quantitative estimate of drug-likeness (QED) is 0.471. The minimum absolute atomic E-state index is 0.334. The van der Waals surface area contributed by atoms with Crippen LogP contribution in [0.3, 0.4) is 0 Å². The van der Waals surface area contributed by atoms with Crippen LogP contribution in [-0.2, 0) is 10.1 Å². The molecule has 0 saturated heterocycles. The maximum atomic E-state index is 11.2. The van der Waals surface area contributed by atoms with Crippen molar-refractivity contribution in [2.24, 2.45) is 0 Å². The van der Waals surface area contributed by atoms with Gasteiger partial charge in [0.1, 0.15) is 0 Å². The van der Waals surface area contributed by atoms with Crippen LogP contribution < -0.4 is 0 Å². The Kier molecular flexibility index (Phi) is 8.82. The standard InChI is InChI=1S/C12H26O4S/c1-3-4-5-9-12(17(14,15)16)10-7-6-8-11(2)13/h11-13H,3-10H2,1-2H3,(H,14,15,16). The average molecular weight is 266 g/mol. The summed E-state index contributed by atoms with van der Waals surface area (Å²) in [4.78, 5) is 0. The topological polar surface area (TPSA) is 74.6 Å². The van der Waals surface area contributed by atoms with Crippen LogP contribution in [0.2, 0.25) is 0 Å². The summed E-state index contributed by atoms with van der Waals surface area (Å²) in [5.41, 5.74) is 0. The molecule has 0 heterocycles. The molecule has 4 nitrogen and oxygen atoms in total. The molecular formula is C12H26O4S. The van der Waals surface area contributed by atoms with Crippen molar-refractivity contribution in [2.45, 2.75) is 76.6 Å². The lowest BCUT2D eigenvalue weighted by molar-refractivity contribution is 0.180. The molecule has 0 saturated carbocycles. The Labute approximate surface area is 105 Å². The first-order chi connectivity index (χ1) is 7.88. The predicted molar refractivity (Wildman–Crippen MR) is 69.6 cm³/mol. The summed E-state index contributed by atoms with van der Waals surface area (Å²) < 4.78 is 31.4. The Morgan fingerprint density at radius 3 is 1.88 bits per heavy atom. The van der Waals surface area contributed by atoms with Gasteiger partial charge in [0.25, 0.3) is 10.1 Å². The predicted octanol–water partition coefficient (Wildman–Crippen LogP) is 2.76. The molecule has 0 aliphatic carbocycles. The highest BCUT2D eigenvalue weighted by molar-refractivity contribution is 7.86. The van der Waals surface area contributed by atoms with Gasteiger partial charge in [-0.2, -0.15) is 8.42 Å². The zero-order valence-electron chi connectivity index (χ0n) is 10.9. The molecule has 0 fully saturated rings. The summed E-state index contributed by atoms with van der Waals surface area (Å²) in [6.07, 6.45) is 5.82. The van der Waals surface area contributed by atoms with E-state index in [4.69, 9.17) is 9.66 Å². The molecule has 0 aromatic rings. The van der Waals surface area contributed by atoms with Gasteiger partial charge in [0.15, 0.2) is 0 Å². The molecule has 0 bridgehead atoms. The van der Waals surface area contributed by atoms with E-state index in [2.05, 4.69) is 6.92 Å². The number of hydrogen-bond donors (Lipinski definition) is 2. The van der Waals surface area contributed by atoms with Crippen LogP contribution >= 0.6 is 0 Å². The van der Waals surface area contributed by atoms with Crippen LogP contribution in [0.4, 0.5) is 0 Å². The van der Waals surface area contributed by atoms with Crippen molar-refractivity contribution in [3.63, 3.8) is 0 Å². The van der Waals surface area contributed by atoms with Crippen molar-refractivity contribution < 1.29 is 18.1 Å². The van der Waals surface area contributed by atoms with Crippen molar-refractivity contribution in [3.05, 3.63) is 0 Å². The molecule has 0 aliphatic heterocycles. The molecule has 0 radical (unpaired) electrons. The summed E-state index contributed by atoms with van der Waals surface area (Å²) in [5, 5.41) is 8.46. The fourth-order valence-corrected chi connectivity index (χ4v) is 2.81. The monoisotopic (exact) mass is 266 g/mol. The first-order valence-corrected chi connectivity index (χ1v) is 8.02. The SMILES string of the molecule is CCCCCC(CCCCC(C)O)S(=O)(=O)O. The Morgan fingerprint density at radius 1 is 1.00 bits per heavy atom. The van der Waals surface area contributed by atoms with E-state index in [9.17, 15) is 8.42 Å². The second kappa shape index (κ2) is 8.89. The third-order valence-corrected chi connectivity index (χ3v) is 4.26. The van der Waals surface area contributed by atoms with Crippen LogP contribution in [0.5, 0.6) is 0 Å². The van der Waals surface area contributed by atoms with Gasteiger partial charge in [-0.25, -0.2) is 0 Å². The van der Waals surface area contributed by atoms with E-state index in [1.54, 1.807) is 6.92 Å². The van der Waals surface area contributed by atoms with Gasteiger partial charge in [0, 0.05) is 0 Å². The van der Waals surface area contributed by atoms with Crippen molar-refractivity contribution in [2.75, 3.05) is 0 Å². The highest BCUT2D eigenvalue weighted by atomic mass is 32.2. The summed E-state index contributed by atoms with van der Waals surface area (Å²) in [7, 11) is -3.91. The Balaban J connectivity index is 3.95. The van der Waals surface area contributed by atoms with Crippen LogP contribution in [0.15, 0.2) is 0 Å². The van der Waals surface area contributed by atoms with Crippen molar-refractivity contribution in [1.29, 1.82) is 0 Å². The highest BCUT2D eigenvalue weighted by Gasteiger charge is 2.21. The maximum absolute atomic E-state index is 11.2. The van der Waals surface area contributed by atoms with E-state index in [0.717, 1.165) is 32.1 Å². The van der Waals surface area contributed by atoms with Gasteiger partial charge in [0.2, 0.25) is 0 Å². The zero-order valence-corrected chi connectivity index (χ0v) is 11.7.